The Morgan fingerprint density at radius 2 is 2.04 bits per heavy atom. The summed E-state index contributed by atoms with van der Waals surface area (Å²) in [6, 6.07) is 9.77. The van der Waals surface area contributed by atoms with E-state index in [2.05, 4.69) is 31.9 Å². The second-order valence-electron chi connectivity index (χ2n) is 7.69. The van der Waals surface area contributed by atoms with Crippen LogP contribution in [0.5, 0.6) is 0 Å². The van der Waals surface area contributed by atoms with E-state index < -0.39 is 0 Å². The van der Waals surface area contributed by atoms with Crippen molar-refractivity contribution < 1.29 is 19.0 Å². The molecule has 7 heteroatoms. The van der Waals surface area contributed by atoms with Gasteiger partial charge in [-0.1, -0.05) is 62.2 Å². The van der Waals surface area contributed by atoms with Gasteiger partial charge in [-0.25, -0.2) is 4.79 Å². The van der Waals surface area contributed by atoms with Crippen molar-refractivity contribution in [3.05, 3.63) is 35.9 Å². The molecule has 1 aromatic rings. The minimum atomic E-state index is -0.256. The Labute approximate surface area is 177 Å². The molecule has 1 aromatic carbocycles. The van der Waals surface area contributed by atoms with Crippen LogP contribution in [0, 0.1) is 11.3 Å². The second kappa shape index (κ2) is 8.01. The van der Waals surface area contributed by atoms with Crippen molar-refractivity contribution in [3.8, 4) is 0 Å². The fraction of sp³-hybridized carbons (Fsp3) is 0.650. The van der Waals surface area contributed by atoms with Gasteiger partial charge in [0.15, 0.2) is 6.29 Å². The summed E-state index contributed by atoms with van der Waals surface area (Å²) in [6.07, 6.45) is 3.74. The van der Waals surface area contributed by atoms with E-state index in [-0.39, 0.29) is 21.0 Å². The molecule has 0 spiro atoms. The molecule has 0 N–H and O–H groups in total. The molecule has 2 heterocycles. The number of nitrogens with zero attached hydrogens (tertiary/aromatic N) is 1. The average molecular weight is 503 g/mol. The molecule has 1 saturated carbocycles. The molecular formula is C20H25Br2NO4. The lowest BCUT2D eigenvalue weighted by atomic mass is 9.98. The van der Waals surface area contributed by atoms with Gasteiger partial charge in [0.05, 0.1) is 9.84 Å². The molecular weight excluding hydrogens is 478 g/mol. The summed E-state index contributed by atoms with van der Waals surface area (Å²) in [5.74, 6) is 0.437. The molecule has 1 amide bonds. The van der Waals surface area contributed by atoms with E-state index in [1.807, 2.05) is 35.2 Å². The van der Waals surface area contributed by atoms with E-state index in [0.29, 0.717) is 32.2 Å². The molecule has 0 radical (unpaired) electrons. The summed E-state index contributed by atoms with van der Waals surface area (Å²) in [5.41, 5.74) is 0.854. The van der Waals surface area contributed by atoms with Crippen LogP contribution in [0.1, 0.15) is 31.2 Å². The van der Waals surface area contributed by atoms with Crippen molar-refractivity contribution in [2.75, 3.05) is 26.3 Å². The smallest absolute Gasteiger partial charge is 0.410 e. The van der Waals surface area contributed by atoms with Gasteiger partial charge in [0, 0.05) is 25.1 Å². The molecule has 3 fully saturated rings. The number of halogens is 2. The Morgan fingerprint density at radius 1 is 1.22 bits per heavy atom. The summed E-state index contributed by atoms with van der Waals surface area (Å²) in [6.45, 7) is 2.97. The first kappa shape index (κ1) is 19.7. The Morgan fingerprint density at radius 3 is 2.78 bits per heavy atom. The van der Waals surface area contributed by atoms with Crippen LogP contribution in [0.4, 0.5) is 4.79 Å². The largest absolute Gasteiger partial charge is 0.445 e. The van der Waals surface area contributed by atoms with Crippen molar-refractivity contribution in [1.29, 1.82) is 0 Å². The van der Waals surface area contributed by atoms with Crippen molar-refractivity contribution in [1.82, 2.24) is 4.90 Å². The summed E-state index contributed by atoms with van der Waals surface area (Å²) in [5, 5.41) is 0. The number of fused-ring (bicyclic) bond motifs is 1. The third-order valence-electron chi connectivity index (χ3n) is 5.97. The van der Waals surface area contributed by atoms with Gasteiger partial charge >= 0.3 is 6.09 Å². The SMILES string of the molecule is O=C(OCc1ccccc1)N1CCC2C(Br)(Br)C2(COC2CCCCO2)C1. The number of rotatable bonds is 5. The zero-order valence-corrected chi connectivity index (χ0v) is 18.4. The number of amides is 1. The lowest BCUT2D eigenvalue weighted by Crippen LogP contribution is -2.44. The van der Waals surface area contributed by atoms with Gasteiger partial charge in [-0.3, -0.25) is 0 Å². The van der Waals surface area contributed by atoms with Gasteiger partial charge in [0.2, 0.25) is 0 Å². The maximum absolute atomic E-state index is 12.6. The first-order valence-corrected chi connectivity index (χ1v) is 11.2. The highest BCUT2D eigenvalue weighted by Crippen LogP contribution is 2.74. The summed E-state index contributed by atoms with van der Waals surface area (Å²) >= 11 is 7.66. The van der Waals surface area contributed by atoms with Gasteiger partial charge in [0.1, 0.15) is 6.61 Å². The number of carbonyl (C=O) groups is 1. The minimum Gasteiger partial charge on any atom is -0.445 e. The number of benzene rings is 1. The molecule has 27 heavy (non-hydrogen) atoms. The molecule has 3 unspecified atom stereocenters. The molecule has 2 aliphatic heterocycles. The van der Waals surface area contributed by atoms with Crippen LogP contribution < -0.4 is 0 Å². The third-order valence-corrected chi connectivity index (χ3v) is 8.66. The lowest BCUT2D eigenvalue weighted by molar-refractivity contribution is -0.174. The molecule has 2 saturated heterocycles. The number of alkyl halides is 2. The summed E-state index contributed by atoms with van der Waals surface area (Å²) in [7, 11) is 0. The van der Waals surface area contributed by atoms with Crippen LogP contribution in [0.25, 0.3) is 0 Å². The number of hydrogen-bond donors (Lipinski definition) is 0. The number of hydrogen-bond acceptors (Lipinski definition) is 4. The van der Waals surface area contributed by atoms with Crippen LogP contribution in [0.2, 0.25) is 0 Å². The molecule has 5 nitrogen and oxygen atoms in total. The highest BCUT2D eigenvalue weighted by Gasteiger charge is 2.76. The zero-order chi connectivity index (χ0) is 18.9. The Kier molecular flexibility index (Phi) is 5.84. The van der Waals surface area contributed by atoms with E-state index in [1.165, 1.54) is 0 Å². The predicted molar refractivity (Wildman–Crippen MR) is 109 cm³/mol. The highest BCUT2D eigenvalue weighted by atomic mass is 79.9. The molecule has 0 aromatic heterocycles. The number of carbonyl (C=O) groups excluding carboxylic acids is 1. The van der Waals surface area contributed by atoms with Gasteiger partial charge in [0.25, 0.3) is 0 Å². The first-order valence-electron chi connectivity index (χ1n) is 9.59. The number of ether oxygens (including phenoxy) is 3. The van der Waals surface area contributed by atoms with Crippen LogP contribution in [-0.4, -0.2) is 46.8 Å². The normalized spacial score (nSPS) is 31.9. The summed E-state index contributed by atoms with van der Waals surface area (Å²) < 4.78 is 17.2. The maximum Gasteiger partial charge on any atom is 0.410 e. The molecule has 3 atom stereocenters. The number of likely N-dealkylation sites (tertiary alicyclic amines) is 1. The second-order valence-corrected chi connectivity index (χ2v) is 11.3. The Balaban J connectivity index is 1.35. The molecule has 1 aliphatic carbocycles. The van der Waals surface area contributed by atoms with Crippen LogP contribution in [-0.2, 0) is 20.8 Å². The van der Waals surface area contributed by atoms with E-state index >= 15 is 0 Å². The van der Waals surface area contributed by atoms with Crippen molar-refractivity contribution in [2.24, 2.45) is 11.3 Å². The van der Waals surface area contributed by atoms with E-state index in [0.717, 1.165) is 37.9 Å². The van der Waals surface area contributed by atoms with Crippen molar-refractivity contribution >= 4 is 38.0 Å². The predicted octanol–water partition coefficient (Wildman–Crippen LogP) is 4.67. The molecule has 4 rings (SSSR count). The van der Waals surface area contributed by atoms with Crippen LogP contribution >= 0.6 is 31.9 Å². The standard InChI is InChI=1S/C20H25Br2NO4/c21-20(22)16-9-10-23(18(24)26-12-15-6-2-1-3-7-15)13-19(16,20)14-27-17-8-4-5-11-25-17/h1-3,6-7,16-17H,4-5,8-14H2. The van der Waals surface area contributed by atoms with E-state index in [1.54, 1.807) is 0 Å². The van der Waals surface area contributed by atoms with Crippen molar-refractivity contribution in [2.45, 2.75) is 41.8 Å². The zero-order valence-electron chi connectivity index (χ0n) is 15.2. The minimum absolute atomic E-state index is 0.120. The van der Waals surface area contributed by atoms with E-state index in [9.17, 15) is 4.79 Å². The fourth-order valence-electron chi connectivity index (χ4n) is 4.26. The molecule has 148 valence electrons. The monoisotopic (exact) mass is 501 g/mol. The van der Waals surface area contributed by atoms with E-state index in [4.69, 9.17) is 14.2 Å². The average Bonchev–Trinajstić information content (AvgIpc) is 3.20. The Bertz CT molecular complexity index is 665. The van der Waals surface area contributed by atoms with Gasteiger partial charge in [-0.2, -0.15) is 0 Å². The van der Waals surface area contributed by atoms with Crippen molar-refractivity contribution in [3.63, 3.8) is 0 Å². The lowest BCUT2D eigenvalue weighted by Gasteiger charge is -2.33. The first-order chi connectivity index (χ1) is 13.0. The fourth-order valence-corrected chi connectivity index (χ4v) is 6.40. The summed E-state index contributed by atoms with van der Waals surface area (Å²) in [4.78, 5) is 14.4. The van der Waals surface area contributed by atoms with Crippen LogP contribution in [0.15, 0.2) is 30.3 Å². The molecule has 0 bridgehead atoms. The molecule has 3 aliphatic rings. The van der Waals surface area contributed by atoms with Gasteiger partial charge < -0.3 is 19.1 Å². The van der Waals surface area contributed by atoms with Gasteiger partial charge in [-0.15, -0.1) is 0 Å². The van der Waals surface area contributed by atoms with Crippen LogP contribution in [0.3, 0.4) is 0 Å². The maximum atomic E-state index is 12.6. The highest BCUT2D eigenvalue weighted by molar-refractivity contribution is 9.25. The topological polar surface area (TPSA) is 48.0 Å². The third kappa shape index (κ3) is 3.93. The van der Waals surface area contributed by atoms with Gasteiger partial charge in [-0.05, 0) is 37.2 Å². The Hall–Kier alpha value is -0.630. The number of piperidine rings is 1. The quantitative estimate of drug-likeness (QED) is 0.549.